The van der Waals surface area contributed by atoms with E-state index >= 15 is 0 Å². The molecule has 0 saturated heterocycles. The highest BCUT2D eigenvalue weighted by Gasteiger charge is 2.19. The first-order chi connectivity index (χ1) is 8.91. The van der Waals surface area contributed by atoms with Crippen molar-refractivity contribution < 1.29 is 9.18 Å². The molecule has 0 spiro atoms. The Bertz CT molecular complexity index is 604. The molecule has 0 unspecified atom stereocenters. The van der Waals surface area contributed by atoms with Gasteiger partial charge in [0.1, 0.15) is 5.82 Å². The van der Waals surface area contributed by atoms with E-state index in [1.54, 1.807) is 12.3 Å². The number of H-pyrrole nitrogens is 1. The van der Waals surface area contributed by atoms with Crippen LogP contribution in [0.4, 0.5) is 4.39 Å². The molecule has 0 aliphatic rings. The number of carbonyl (C=O) groups excluding carboxylic acids is 1. The largest absolute Gasteiger partial charge is 0.361 e. The first kappa shape index (κ1) is 13.5. The minimum atomic E-state index is -0.436. The number of carbonyl (C=O) groups is 1. The third kappa shape index (κ3) is 3.12. The van der Waals surface area contributed by atoms with Gasteiger partial charge in [0.05, 0.1) is 6.42 Å². The molecular weight excluding hydrogens is 245 g/mol. The summed E-state index contributed by atoms with van der Waals surface area (Å²) in [6.45, 7) is 4.08. The number of nitrogens with one attached hydrogen (secondary N) is 2. The maximum Gasteiger partial charge on any atom is 0.224 e. The lowest BCUT2D eigenvalue weighted by Crippen LogP contribution is -2.49. The van der Waals surface area contributed by atoms with E-state index in [9.17, 15) is 9.18 Å². The van der Waals surface area contributed by atoms with E-state index in [-0.39, 0.29) is 18.1 Å². The van der Waals surface area contributed by atoms with Gasteiger partial charge in [-0.05, 0) is 37.6 Å². The van der Waals surface area contributed by atoms with Gasteiger partial charge in [-0.25, -0.2) is 4.39 Å². The summed E-state index contributed by atoms with van der Waals surface area (Å²) in [4.78, 5) is 15.0. The van der Waals surface area contributed by atoms with Gasteiger partial charge >= 0.3 is 0 Å². The number of fused-ring (bicyclic) bond motifs is 1. The first-order valence-corrected chi connectivity index (χ1v) is 6.18. The Morgan fingerprint density at radius 2 is 2.21 bits per heavy atom. The summed E-state index contributed by atoms with van der Waals surface area (Å²) < 4.78 is 13.2. The monoisotopic (exact) mass is 263 g/mol. The summed E-state index contributed by atoms with van der Waals surface area (Å²) in [5.74, 6) is -0.434. The minimum Gasteiger partial charge on any atom is -0.361 e. The maximum atomic E-state index is 13.2. The summed E-state index contributed by atoms with van der Waals surface area (Å²) in [6.07, 6.45) is 1.94. The van der Waals surface area contributed by atoms with Crippen LogP contribution in [-0.2, 0) is 11.2 Å². The molecule has 19 heavy (non-hydrogen) atoms. The number of hydrogen-bond donors (Lipinski definition) is 3. The Hall–Kier alpha value is -1.88. The Morgan fingerprint density at radius 1 is 1.47 bits per heavy atom. The van der Waals surface area contributed by atoms with E-state index in [1.807, 2.05) is 13.8 Å². The molecule has 102 valence electrons. The predicted octanol–water partition coefficient (Wildman–Crippen LogP) is 1.70. The van der Waals surface area contributed by atoms with E-state index in [0.29, 0.717) is 6.54 Å². The van der Waals surface area contributed by atoms with Crippen LogP contribution in [0.3, 0.4) is 0 Å². The van der Waals surface area contributed by atoms with Crippen molar-refractivity contribution >= 4 is 16.8 Å². The Labute approximate surface area is 111 Å². The molecule has 0 saturated carbocycles. The van der Waals surface area contributed by atoms with E-state index in [4.69, 9.17) is 5.73 Å². The zero-order valence-electron chi connectivity index (χ0n) is 11.1. The molecule has 1 aromatic carbocycles. The van der Waals surface area contributed by atoms with Gasteiger partial charge < -0.3 is 16.0 Å². The zero-order chi connectivity index (χ0) is 14.0. The zero-order valence-corrected chi connectivity index (χ0v) is 11.1. The Balaban J connectivity index is 2.17. The van der Waals surface area contributed by atoms with E-state index < -0.39 is 5.54 Å². The van der Waals surface area contributed by atoms with Gasteiger partial charge in [-0.3, -0.25) is 4.79 Å². The Morgan fingerprint density at radius 3 is 2.89 bits per heavy atom. The topological polar surface area (TPSA) is 70.9 Å². The van der Waals surface area contributed by atoms with Crippen molar-refractivity contribution in [2.24, 2.45) is 5.73 Å². The summed E-state index contributed by atoms with van der Waals surface area (Å²) >= 11 is 0. The Kier molecular flexibility index (Phi) is 3.57. The van der Waals surface area contributed by atoms with Gasteiger partial charge in [0.25, 0.3) is 0 Å². The average Bonchev–Trinajstić information content (AvgIpc) is 2.71. The lowest BCUT2D eigenvalue weighted by Gasteiger charge is -2.24. The van der Waals surface area contributed by atoms with Crippen LogP contribution in [0.2, 0.25) is 0 Å². The molecule has 4 N–H and O–H groups in total. The van der Waals surface area contributed by atoms with Gasteiger partial charge in [-0.1, -0.05) is 0 Å². The van der Waals surface area contributed by atoms with Crippen LogP contribution in [0, 0.1) is 5.82 Å². The van der Waals surface area contributed by atoms with Gasteiger partial charge in [-0.15, -0.1) is 0 Å². The average molecular weight is 263 g/mol. The number of nitrogens with two attached hydrogens (primary N) is 1. The molecule has 2 rings (SSSR count). The summed E-state index contributed by atoms with van der Waals surface area (Å²) in [6, 6.07) is 4.48. The summed E-state index contributed by atoms with van der Waals surface area (Å²) in [5.41, 5.74) is 6.73. The van der Waals surface area contributed by atoms with Crippen LogP contribution in [0.15, 0.2) is 24.4 Å². The molecule has 1 heterocycles. The van der Waals surface area contributed by atoms with E-state index in [1.165, 1.54) is 12.1 Å². The highest BCUT2D eigenvalue weighted by atomic mass is 19.1. The normalized spacial score (nSPS) is 11.8. The lowest BCUT2D eigenvalue weighted by molar-refractivity contribution is -0.121. The van der Waals surface area contributed by atoms with Crippen molar-refractivity contribution in [3.63, 3.8) is 0 Å². The van der Waals surface area contributed by atoms with Gasteiger partial charge in [-0.2, -0.15) is 0 Å². The molecule has 0 aliphatic carbocycles. The number of benzene rings is 1. The molecule has 0 aliphatic heterocycles. The van der Waals surface area contributed by atoms with Crippen LogP contribution in [0.25, 0.3) is 10.9 Å². The number of amides is 1. The third-order valence-electron chi connectivity index (χ3n) is 3.07. The maximum absolute atomic E-state index is 13.2. The second-order valence-corrected chi connectivity index (χ2v) is 5.32. The van der Waals surface area contributed by atoms with Crippen LogP contribution in [0.1, 0.15) is 19.4 Å². The van der Waals surface area contributed by atoms with Crippen molar-refractivity contribution in [2.45, 2.75) is 25.8 Å². The predicted molar refractivity (Wildman–Crippen MR) is 73.2 cm³/mol. The molecular formula is C14H18FN3O. The number of aromatic amines is 1. The van der Waals surface area contributed by atoms with Crippen molar-refractivity contribution in [1.29, 1.82) is 0 Å². The van der Waals surface area contributed by atoms with Crippen LogP contribution in [0.5, 0.6) is 0 Å². The second-order valence-electron chi connectivity index (χ2n) is 5.32. The molecule has 0 bridgehead atoms. The molecule has 0 atom stereocenters. The SMILES string of the molecule is CC(C)(CN)NC(=O)Cc1c[nH]c2ccc(F)cc12. The van der Waals surface area contributed by atoms with Crippen LogP contribution in [-0.4, -0.2) is 23.0 Å². The minimum absolute atomic E-state index is 0.124. The smallest absolute Gasteiger partial charge is 0.224 e. The standard InChI is InChI=1S/C14H18FN3O/c1-14(2,8-16)18-13(19)5-9-7-17-12-4-3-10(15)6-11(9)12/h3-4,6-7,17H,5,8,16H2,1-2H3,(H,18,19). The number of hydrogen-bond acceptors (Lipinski definition) is 2. The quantitative estimate of drug-likeness (QED) is 0.785. The molecule has 0 fully saturated rings. The fraction of sp³-hybridized carbons (Fsp3) is 0.357. The second kappa shape index (κ2) is 5.01. The van der Waals surface area contributed by atoms with Crippen molar-refractivity contribution in [3.05, 3.63) is 35.8 Å². The summed E-state index contributed by atoms with van der Waals surface area (Å²) in [7, 11) is 0. The third-order valence-corrected chi connectivity index (χ3v) is 3.07. The fourth-order valence-corrected chi connectivity index (χ4v) is 1.94. The first-order valence-electron chi connectivity index (χ1n) is 6.18. The van der Waals surface area contributed by atoms with Crippen molar-refractivity contribution in [2.75, 3.05) is 6.54 Å². The molecule has 0 radical (unpaired) electrons. The lowest BCUT2D eigenvalue weighted by atomic mass is 10.0. The van der Waals surface area contributed by atoms with E-state index in [2.05, 4.69) is 10.3 Å². The van der Waals surface area contributed by atoms with Crippen LogP contribution < -0.4 is 11.1 Å². The van der Waals surface area contributed by atoms with Gasteiger partial charge in [0.15, 0.2) is 0 Å². The van der Waals surface area contributed by atoms with Crippen molar-refractivity contribution in [1.82, 2.24) is 10.3 Å². The molecule has 1 aromatic heterocycles. The number of halogens is 1. The van der Waals surface area contributed by atoms with Gasteiger partial charge in [0.2, 0.25) is 5.91 Å². The molecule has 2 aromatic rings. The summed E-state index contributed by atoms with van der Waals surface area (Å²) in [5, 5.41) is 3.59. The van der Waals surface area contributed by atoms with E-state index in [0.717, 1.165) is 16.5 Å². The highest BCUT2D eigenvalue weighted by Crippen LogP contribution is 2.20. The van der Waals surface area contributed by atoms with Gasteiger partial charge in [0, 0.05) is 29.2 Å². The van der Waals surface area contributed by atoms with Crippen molar-refractivity contribution in [3.8, 4) is 0 Å². The number of rotatable bonds is 4. The fourth-order valence-electron chi connectivity index (χ4n) is 1.94. The molecule has 1 amide bonds. The molecule has 4 nitrogen and oxygen atoms in total. The molecule has 5 heteroatoms. The highest BCUT2D eigenvalue weighted by molar-refractivity contribution is 5.89. The van der Waals surface area contributed by atoms with Crippen LogP contribution >= 0.6 is 0 Å². The number of aromatic nitrogens is 1.